The van der Waals surface area contributed by atoms with Gasteiger partial charge in [0.2, 0.25) is 5.91 Å². The number of hydrogen-bond acceptors (Lipinski definition) is 4. The molecule has 0 heterocycles. The maximum Gasteiger partial charge on any atom is 0.253 e. The normalized spacial score (nSPS) is 14.3. The first-order valence-electron chi connectivity index (χ1n) is 13.2. The molecule has 4 N–H and O–H groups in total. The summed E-state index contributed by atoms with van der Waals surface area (Å²) in [6, 6.07) is 24.8. The minimum Gasteiger partial charge on any atom is -0.349 e. The van der Waals surface area contributed by atoms with E-state index < -0.39 is 0 Å². The largest absolute Gasteiger partial charge is 0.349 e. The van der Waals surface area contributed by atoms with Crippen molar-refractivity contribution in [3.05, 3.63) is 101 Å². The Morgan fingerprint density at radius 2 is 1.55 bits per heavy atom. The molecule has 0 spiro atoms. The van der Waals surface area contributed by atoms with Gasteiger partial charge in [0.25, 0.3) is 11.8 Å². The van der Waals surface area contributed by atoms with Crippen molar-refractivity contribution in [2.75, 3.05) is 11.9 Å². The van der Waals surface area contributed by atoms with Gasteiger partial charge in [0.1, 0.15) is 0 Å². The molecular formula is C31H36N4O3. The van der Waals surface area contributed by atoms with Crippen LogP contribution in [0.5, 0.6) is 0 Å². The van der Waals surface area contributed by atoms with E-state index >= 15 is 0 Å². The molecule has 1 aliphatic rings. The predicted octanol–water partition coefficient (Wildman–Crippen LogP) is 4.62. The highest BCUT2D eigenvalue weighted by molar-refractivity contribution is 6.06. The van der Waals surface area contributed by atoms with E-state index in [1.54, 1.807) is 18.2 Å². The topological polar surface area (TPSA) is 99.3 Å². The fraction of sp³-hybridized carbons (Fsp3) is 0.323. The fourth-order valence-electron chi connectivity index (χ4n) is 4.41. The summed E-state index contributed by atoms with van der Waals surface area (Å²) >= 11 is 0. The van der Waals surface area contributed by atoms with Crippen LogP contribution in [0.2, 0.25) is 0 Å². The molecule has 4 rings (SSSR count). The van der Waals surface area contributed by atoms with Crippen molar-refractivity contribution >= 4 is 23.4 Å². The molecule has 0 aliphatic heterocycles. The van der Waals surface area contributed by atoms with Crippen molar-refractivity contribution in [3.63, 3.8) is 0 Å². The average molecular weight is 513 g/mol. The van der Waals surface area contributed by atoms with E-state index in [2.05, 4.69) is 33.4 Å². The third-order valence-electron chi connectivity index (χ3n) is 6.65. The monoisotopic (exact) mass is 512 g/mol. The lowest BCUT2D eigenvalue weighted by atomic mass is 10.0. The van der Waals surface area contributed by atoms with Gasteiger partial charge in [-0.1, -0.05) is 60.7 Å². The van der Waals surface area contributed by atoms with E-state index in [-0.39, 0.29) is 35.4 Å². The average Bonchev–Trinajstić information content (AvgIpc) is 3.74. The highest BCUT2D eigenvalue weighted by atomic mass is 16.2. The van der Waals surface area contributed by atoms with Crippen LogP contribution in [0.15, 0.2) is 78.9 Å². The third-order valence-corrected chi connectivity index (χ3v) is 6.65. The summed E-state index contributed by atoms with van der Waals surface area (Å²) in [6.45, 7) is 4.11. The maximum absolute atomic E-state index is 13.4. The van der Waals surface area contributed by atoms with Crippen LogP contribution in [0.4, 0.5) is 5.69 Å². The molecule has 1 aliphatic carbocycles. The Morgan fingerprint density at radius 3 is 2.21 bits per heavy atom. The summed E-state index contributed by atoms with van der Waals surface area (Å²) in [5.41, 5.74) is 3.08. The highest BCUT2D eigenvalue weighted by Crippen LogP contribution is 2.21. The van der Waals surface area contributed by atoms with E-state index in [1.165, 1.54) is 19.8 Å². The minimum atomic E-state index is -0.366. The van der Waals surface area contributed by atoms with Gasteiger partial charge in [0.15, 0.2) is 0 Å². The van der Waals surface area contributed by atoms with Gasteiger partial charge >= 0.3 is 0 Å². The van der Waals surface area contributed by atoms with E-state index in [4.69, 9.17) is 0 Å². The van der Waals surface area contributed by atoms with Crippen molar-refractivity contribution in [2.24, 2.45) is 0 Å². The lowest BCUT2D eigenvalue weighted by molar-refractivity contribution is -0.114. The fourth-order valence-corrected chi connectivity index (χ4v) is 4.41. The quantitative estimate of drug-likeness (QED) is 0.285. The number of amides is 3. The molecule has 38 heavy (non-hydrogen) atoms. The predicted molar refractivity (Wildman–Crippen MR) is 150 cm³/mol. The molecule has 3 aromatic carbocycles. The van der Waals surface area contributed by atoms with Crippen molar-refractivity contribution in [2.45, 2.75) is 57.7 Å². The van der Waals surface area contributed by atoms with Gasteiger partial charge in [0.05, 0.1) is 17.3 Å². The first kappa shape index (κ1) is 27.1. The summed E-state index contributed by atoms with van der Waals surface area (Å²) in [4.78, 5) is 38.4. The van der Waals surface area contributed by atoms with E-state index in [1.807, 2.05) is 55.5 Å². The Morgan fingerprint density at radius 1 is 0.868 bits per heavy atom. The Kier molecular flexibility index (Phi) is 9.27. The second-order valence-electron chi connectivity index (χ2n) is 9.92. The number of nitrogens with one attached hydrogen (secondary N) is 4. The molecular weight excluding hydrogens is 476 g/mol. The standard InChI is InChI=1S/C31H36N4O3/c1-21(24-11-7-4-8-12-24)33-31(38)28-20-25(13-16-29(28)34-22(2)36)30(37)35-27(17-18-32-26-14-15-26)19-23-9-5-3-6-10-23/h3-13,16,20-21,26-27,32H,14-15,17-19H2,1-2H3,(H,33,38)(H,34,36)(H,35,37)/t21-,27-/m1/s1. The molecule has 2 atom stereocenters. The summed E-state index contributed by atoms with van der Waals surface area (Å²) < 4.78 is 0. The second-order valence-corrected chi connectivity index (χ2v) is 9.92. The zero-order chi connectivity index (χ0) is 26.9. The molecule has 0 bridgehead atoms. The molecule has 7 heteroatoms. The molecule has 0 radical (unpaired) electrons. The van der Waals surface area contributed by atoms with Gasteiger partial charge < -0.3 is 21.3 Å². The van der Waals surface area contributed by atoms with Crippen LogP contribution in [0, 0.1) is 0 Å². The van der Waals surface area contributed by atoms with Crippen molar-refractivity contribution in [1.29, 1.82) is 0 Å². The second kappa shape index (κ2) is 13.0. The van der Waals surface area contributed by atoms with Crippen LogP contribution in [0.3, 0.4) is 0 Å². The van der Waals surface area contributed by atoms with Crippen LogP contribution >= 0.6 is 0 Å². The van der Waals surface area contributed by atoms with Gasteiger partial charge in [0, 0.05) is 24.6 Å². The van der Waals surface area contributed by atoms with Crippen molar-refractivity contribution in [1.82, 2.24) is 16.0 Å². The van der Waals surface area contributed by atoms with Crippen molar-refractivity contribution in [3.8, 4) is 0 Å². The highest BCUT2D eigenvalue weighted by Gasteiger charge is 2.22. The summed E-state index contributed by atoms with van der Waals surface area (Å²) in [6.07, 6.45) is 3.93. The SMILES string of the molecule is CC(=O)Nc1ccc(C(=O)N[C@H](CCNC2CC2)Cc2ccccc2)cc1C(=O)N[C@H](C)c1ccccc1. The molecule has 7 nitrogen and oxygen atoms in total. The lowest BCUT2D eigenvalue weighted by Crippen LogP contribution is -2.39. The van der Waals surface area contributed by atoms with Crippen LogP contribution in [-0.4, -0.2) is 36.3 Å². The van der Waals surface area contributed by atoms with Gasteiger partial charge in [-0.3, -0.25) is 14.4 Å². The molecule has 0 saturated heterocycles. The zero-order valence-electron chi connectivity index (χ0n) is 22.0. The number of benzene rings is 3. The van der Waals surface area contributed by atoms with Crippen LogP contribution < -0.4 is 21.3 Å². The van der Waals surface area contributed by atoms with Gasteiger partial charge in [-0.2, -0.15) is 0 Å². The smallest absolute Gasteiger partial charge is 0.253 e. The number of carbonyl (C=O) groups is 3. The number of hydrogen-bond donors (Lipinski definition) is 4. The van der Waals surface area contributed by atoms with E-state index in [0.29, 0.717) is 23.7 Å². The Labute approximate surface area is 224 Å². The van der Waals surface area contributed by atoms with Crippen LogP contribution in [0.25, 0.3) is 0 Å². The summed E-state index contributed by atoms with van der Waals surface area (Å²) in [7, 11) is 0. The molecule has 0 unspecified atom stereocenters. The van der Waals surface area contributed by atoms with Crippen LogP contribution in [0.1, 0.15) is 71.0 Å². The summed E-state index contributed by atoms with van der Waals surface area (Å²) in [5.74, 6) is -0.912. The Balaban J connectivity index is 1.50. The summed E-state index contributed by atoms with van der Waals surface area (Å²) in [5, 5.41) is 12.4. The molecule has 1 saturated carbocycles. The number of rotatable bonds is 12. The Bertz CT molecular complexity index is 1240. The molecule has 3 aromatic rings. The third kappa shape index (κ3) is 8.02. The molecule has 0 aromatic heterocycles. The van der Waals surface area contributed by atoms with Gasteiger partial charge in [-0.25, -0.2) is 0 Å². The van der Waals surface area contributed by atoms with Gasteiger partial charge in [-0.05, 0) is 68.5 Å². The number of carbonyl (C=O) groups excluding carboxylic acids is 3. The van der Waals surface area contributed by atoms with E-state index in [9.17, 15) is 14.4 Å². The zero-order valence-corrected chi connectivity index (χ0v) is 22.0. The van der Waals surface area contributed by atoms with Crippen molar-refractivity contribution < 1.29 is 14.4 Å². The molecule has 3 amide bonds. The number of anilines is 1. The van der Waals surface area contributed by atoms with Gasteiger partial charge in [-0.15, -0.1) is 0 Å². The molecule has 198 valence electrons. The van der Waals surface area contributed by atoms with E-state index in [0.717, 1.165) is 24.1 Å². The minimum absolute atomic E-state index is 0.0680. The maximum atomic E-state index is 13.4. The first-order valence-corrected chi connectivity index (χ1v) is 13.2. The molecule has 1 fully saturated rings. The Hall–Kier alpha value is -3.97. The first-order chi connectivity index (χ1) is 18.4. The lowest BCUT2D eigenvalue weighted by Gasteiger charge is -2.20. The van der Waals surface area contributed by atoms with Crippen LogP contribution in [-0.2, 0) is 11.2 Å².